The van der Waals surface area contributed by atoms with E-state index in [1.807, 2.05) is 30.3 Å². The van der Waals surface area contributed by atoms with Gasteiger partial charge in [-0.1, -0.05) is 18.2 Å². The topological polar surface area (TPSA) is 93.7 Å². The predicted octanol–water partition coefficient (Wildman–Crippen LogP) is 3.67. The summed E-state index contributed by atoms with van der Waals surface area (Å²) in [7, 11) is 1.57. The number of nitrogens with one attached hydrogen (secondary N) is 2. The molecule has 1 aromatic carbocycles. The van der Waals surface area contributed by atoms with Crippen LogP contribution in [0.15, 0.2) is 35.2 Å². The van der Waals surface area contributed by atoms with Crippen LogP contribution in [0.4, 0.5) is 5.00 Å². The van der Waals surface area contributed by atoms with Gasteiger partial charge in [0.05, 0.1) is 12.2 Å². The van der Waals surface area contributed by atoms with Crippen LogP contribution in [-0.4, -0.2) is 49.9 Å². The highest BCUT2D eigenvalue weighted by molar-refractivity contribution is 8.00. The molecule has 1 atom stereocenters. The molecule has 0 aliphatic heterocycles. The van der Waals surface area contributed by atoms with E-state index in [0.717, 1.165) is 41.0 Å². The largest absolute Gasteiger partial charge is 0.455 e. The smallest absolute Gasteiger partial charge is 0.319 e. The maximum atomic E-state index is 12.8. The van der Waals surface area contributed by atoms with E-state index in [-0.39, 0.29) is 5.91 Å². The van der Waals surface area contributed by atoms with Gasteiger partial charge < -0.3 is 20.1 Å². The summed E-state index contributed by atoms with van der Waals surface area (Å²) in [6.45, 7) is 2.15. The molecule has 32 heavy (non-hydrogen) atoms. The SMILES string of the molecule is COCCNC(=O)c1c(NC(=O)COC(=O)C(C)Sc2ccccc2)sc2c1CCCC2. The standard InChI is InChI=1S/C23H28N2O5S2/c1-15(31-16-8-4-3-5-9-16)23(28)30-14-19(26)25-22-20(21(27)24-12-13-29-2)17-10-6-7-11-18(17)32-22/h3-5,8-9,15H,6-7,10-14H2,1-2H3,(H,24,27)(H,25,26). The third-order valence-corrected chi connectivity index (χ3v) is 7.27. The minimum Gasteiger partial charge on any atom is -0.455 e. The number of anilines is 1. The molecule has 3 rings (SSSR count). The van der Waals surface area contributed by atoms with Gasteiger partial charge in [0, 0.05) is 23.4 Å². The average molecular weight is 477 g/mol. The molecular formula is C23H28N2O5S2. The highest BCUT2D eigenvalue weighted by Crippen LogP contribution is 2.38. The predicted molar refractivity (Wildman–Crippen MR) is 127 cm³/mol. The summed E-state index contributed by atoms with van der Waals surface area (Å²) in [4.78, 5) is 39.7. The Hall–Kier alpha value is -2.36. The van der Waals surface area contributed by atoms with E-state index in [1.54, 1.807) is 14.0 Å². The third-order valence-electron chi connectivity index (χ3n) is 4.98. The maximum absolute atomic E-state index is 12.8. The van der Waals surface area contributed by atoms with Crippen LogP contribution in [-0.2, 0) is 31.9 Å². The van der Waals surface area contributed by atoms with E-state index in [0.29, 0.717) is 23.7 Å². The van der Waals surface area contributed by atoms with Gasteiger partial charge in [-0.3, -0.25) is 14.4 Å². The summed E-state index contributed by atoms with van der Waals surface area (Å²) in [5, 5.41) is 5.70. The molecule has 0 fully saturated rings. The molecule has 1 aromatic heterocycles. The number of thioether (sulfide) groups is 1. The first-order chi connectivity index (χ1) is 15.5. The Morgan fingerprint density at radius 2 is 1.91 bits per heavy atom. The lowest BCUT2D eigenvalue weighted by Crippen LogP contribution is -2.29. The van der Waals surface area contributed by atoms with Crippen molar-refractivity contribution in [2.75, 3.05) is 32.2 Å². The zero-order valence-corrected chi connectivity index (χ0v) is 19.9. The van der Waals surface area contributed by atoms with Crippen molar-refractivity contribution >= 4 is 45.9 Å². The van der Waals surface area contributed by atoms with Gasteiger partial charge >= 0.3 is 5.97 Å². The number of aryl methyl sites for hydroxylation is 1. The summed E-state index contributed by atoms with van der Waals surface area (Å²) in [6.07, 6.45) is 3.81. The van der Waals surface area contributed by atoms with E-state index in [1.165, 1.54) is 23.1 Å². The lowest BCUT2D eigenvalue weighted by Gasteiger charge is -2.13. The lowest BCUT2D eigenvalue weighted by molar-refractivity contribution is -0.146. The number of carbonyl (C=O) groups is 3. The van der Waals surface area contributed by atoms with Gasteiger partial charge in [-0.05, 0) is 50.3 Å². The van der Waals surface area contributed by atoms with E-state index in [9.17, 15) is 14.4 Å². The van der Waals surface area contributed by atoms with Gasteiger partial charge in [0.2, 0.25) is 0 Å². The molecule has 7 nitrogen and oxygen atoms in total. The Morgan fingerprint density at radius 1 is 1.16 bits per heavy atom. The molecule has 0 saturated heterocycles. The van der Waals surface area contributed by atoms with Crippen LogP contribution in [0, 0.1) is 0 Å². The number of carbonyl (C=O) groups excluding carboxylic acids is 3. The van der Waals surface area contributed by atoms with Crippen LogP contribution < -0.4 is 10.6 Å². The Kier molecular flexibility index (Phi) is 9.13. The Morgan fingerprint density at radius 3 is 2.66 bits per heavy atom. The van der Waals surface area contributed by atoms with E-state index >= 15 is 0 Å². The lowest BCUT2D eigenvalue weighted by atomic mass is 9.95. The van der Waals surface area contributed by atoms with Crippen LogP contribution in [0.25, 0.3) is 0 Å². The number of fused-ring (bicyclic) bond motifs is 1. The summed E-state index contributed by atoms with van der Waals surface area (Å²) >= 11 is 2.81. The Bertz CT molecular complexity index is 945. The van der Waals surface area contributed by atoms with Crippen LogP contribution in [0.2, 0.25) is 0 Å². The first kappa shape index (κ1) is 24.3. The zero-order chi connectivity index (χ0) is 22.9. The summed E-state index contributed by atoms with van der Waals surface area (Å²) < 4.78 is 10.2. The molecule has 1 aliphatic rings. The molecule has 0 saturated carbocycles. The monoisotopic (exact) mass is 476 g/mol. The van der Waals surface area contributed by atoms with E-state index in [4.69, 9.17) is 9.47 Å². The molecule has 0 spiro atoms. The average Bonchev–Trinajstić information content (AvgIpc) is 3.16. The fraction of sp³-hybridized carbons (Fsp3) is 0.435. The molecule has 2 amide bonds. The number of benzene rings is 1. The number of thiophene rings is 1. The molecule has 9 heteroatoms. The second kappa shape index (κ2) is 12.0. The highest BCUT2D eigenvalue weighted by atomic mass is 32.2. The van der Waals surface area contributed by atoms with Crippen LogP contribution in [0.3, 0.4) is 0 Å². The first-order valence-electron chi connectivity index (χ1n) is 10.6. The quantitative estimate of drug-likeness (QED) is 0.309. The fourth-order valence-electron chi connectivity index (χ4n) is 3.42. The Balaban J connectivity index is 1.59. The molecule has 1 unspecified atom stereocenters. The Labute approximate surface area is 196 Å². The number of amides is 2. The summed E-state index contributed by atoms with van der Waals surface area (Å²) in [6, 6.07) is 9.54. The number of methoxy groups -OCH3 is 1. The van der Waals surface area contributed by atoms with Crippen LogP contribution >= 0.6 is 23.1 Å². The molecule has 1 aliphatic carbocycles. The number of esters is 1. The molecule has 2 N–H and O–H groups in total. The first-order valence-corrected chi connectivity index (χ1v) is 12.3. The van der Waals surface area contributed by atoms with E-state index in [2.05, 4.69) is 10.6 Å². The van der Waals surface area contributed by atoms with Crippen molar-refractivity contribution in [1.82, 2.24) is 5.32 Å². The highest BCUT2D eigenvalue weighted by Gasteiger charge is 2.26. The molecule has 172 valence electrons. The van der Waals surface area contributed by atoms with Crippen molar-refractivity contribution < 1.29 is 23.9 Å². The number of ether oxygens (including phenoxy) is 2. The second-order valence-corrected chi connectivity index (χ2v) is 9.91. The molecule has 0 radical (unpaired) electrons. The van der Waals surface area contributed by atoms with Crippen molar-refractivity contribution in [3.05, 3.63) is 46.3 Å². The van der Waals surface area contributed by atoms with Crippen molar-refractivity contribution in [2.45, 2.75) is 42.8 Å². The minimum absolute atomic E-state index is 0.221. The molecule has 2 aromatic rings. The van der Waals surface area contributed by atoms with Gasteiger partial charge in [0.25, 0.3) is 11.8 Å². The summed E-state index contributed by atoms with van der Waals surface area (Å²) in [5.74, 6) is -1.14. The molecule has 1 heterocycles. The second-order valence-electron chi connectivity index (χ2n) is 7.39. The van der Waals surface area contributed by atoms with Gasteiger partial charge in [0.15, 0.2) is 6.61 Å². The zero-order valence-electron chi connectivity index (χ0n) is 18.3. The molecular weight excluding hydrogens is 448 g/mol. The van der Waals surface area contributed by atoms with Crippen molar-refractivity contribution in [1.29, 1.82) is 0 Å². The fourth-order valence-corrected chi connectivity index (χ4v) is 5.61. The van der Waals surface area contributed by atoms with Gasteiger partial charge in [0.1, 0.15) is 10.3 Å². The third kappa shape index (κ3) is 6.57. The normalized spacial score (nSPS) is 13.7. The van der Waals surface area contributed by atoms with Crippen LogP contribution in [0.1, 0.15) is 40.6 Å². The van der Waals surface area contributed by atoms with Gasteiger partial charge in [-0.25, -0.2) is 0 Å². The van der Waals surface area contributed by atoms with Crippen molar-refractivity contribution in [3.8, 4) is 0 Å². The number of hydrogen-bond acceptors (Lipinski definition) is 7. The summed E-state index contributed by atoms with van der Waals surface area (Å²) in [5.41, 5.74) is 1.53. The number of rotatable bonds is 10. The van der Waals surface area contributed by atoms with E-state index < -0.39 is 23.7 Å². The molecule has 0 bridgehead atoms. The number of hydrogen-bond donors (Lipinski definition) is 2. The van der Waals surface area contributed by atoms with Crippen molar-refractivity contribution in [3.63, 3.8) is 0 Å². The maximum Gasteiger partial charge on any atom is 0.319 e. The van der Waals surface area contributed by atoms with Crippen molar-refractivity contribution in [2.24, 2.45) is 0 Å². The van der Waals surface area contributed by atoms with Crippen LogP contribution in [0.5, 0.6) is 0 Å². The van der Waals surface area contributed by atoms with Gasteiger partial charge in [-0.2, -0.15) is 0 Å². The van der Waals surface area contributed by atoms with Gasteiger partial charge in [-0.15, -0.1) is 23.1 Å². The minimum atomic E-state index is -0.461.